The average Bonchev–Trinajstić information content (AvgIpc) is 2.38. The molecule has 1 aromatic rings. The van der Waals surface area contributed by atoms with Gasteiger partial charge < -0.3 is 10.6 Å². The first kappa shape index (κ1) is 13.2. The van der Waals surface area contributed by atoms with Gasteiger partial charge >= 0.3 is 0 Å². The van der Waals surface area contributed by atoms with Gasteiger partial charge in [0.15, 0.2) is 0 Å². The van der Waals surface area contributed by atoms with Gasteiger partial charge in [-0.1, -0.05) is 0 Å². The van der Waals surface area contributed by atoms with Gasteiger partial charge in [0.05, 0.1) is 14.6 Å². The summed E-state index contributed by atoms with van der Waals surface area (Å²) in [5, 5.41) is 0. The third kappa shape index (κ3) is 2.97. The fraction of sp³-hybridized carbons (Fsp3) is 0.636. The summed E-state index contributed by atoms with van der Waals surface area (Å²) in [5.41, 5.74) is 5.65. The van der Waals surface area contributed by atoms with Crippen LogP contribution in [0, 0.1) is 10.7 Å². The highest BCUT2D eigenvalue weighted by molar-refractivity contribution is 7.91. The monoisotopic (exact) mass is 269 g/mol. The SMILES string of the molecule is C[S@](=N)(=O)c1cnc(N2CCC(CN)CC2)nc1. The number of piperidine rings is 1. The van der Waals surface area contributed by atoms with E-state index in [9.17, 15) is 4.21 Å². The molecule has 1 atom stereocenters. The molecule has 0 spiro atoms. The van der Waals surface area contributed by atoms with Gasteiger partial charge in [-0.25, -0.2) is 19.0 Å². The molecule has 0 amide bonds. The fourth-order valence-electron chi connectivity index (χ4n) is 2.04. The van der Waals surface area contributed by atoms with E-state index in [1.807, 2.05) is 0 Å². The van der Waals surface area contributed by atoms with Crippen molar-refractivity contribution in [2.75, 3.05) is 30.8 Å². The number of rotatable bonds is 3. The van der Waals surface area contributed by atoms with Crippen molar-refractivity contribution in [2.24, 2.45) is 11.7 Å². The number of hydrogen-bond donors (Lipinski definition) is 2. The van der Waals surface area contributed by atoms with Gasteiger partial charge in [-0.3, -0.25) is 0 Å². The summed E-state index contributed by atoms with van der Waals surface area (Å²) < 4.78 is 19.0. The predicted octanol–water partition coefficient (Wildman–Crippen LogP) is 0.687. The van der Waals surface area contributed by atoms with Crippen LogP contribution in [0.2, 0.25) is 0 Å². The molecule has 0 radical (unpaired) electrons. The first-order valence-electron chi connectivity index (χ1n) is 6.01. The standard InChI is InChI=1S/C11H19N5OS/c1-18(13,17)10-7-14-11(15-8-10)16-4-2-9(6-12)3-5-16/h7-9,13H,2-6,12H2,1H3/t18-/m0/s1. The molecule has 100 valence electrons. The Hall–Kier alpha value is -1.21. The van der Waals surface area contributed by atoms with Crippen LogP contribution in [-0.4, -0.2) is 40.1 Å². The van der Waals surface area contributed by atoms with E-state index < -0.39 is 9.73 Å². The lowest BCUT2D eigenvalue weighted by Crippen LogP contribution is -2.37. The van der Waals surface area contributed by atoms with E-state index in [1.165, 1.54) is 18.6 Å². The zero-order chi connectivity index (χ0) is 13.2. The summed E-state index contributed by atoms with van der Waals surface area (Å²) in [5.74, 6) is 1.25. The van der Waals surface area contributed by atoms with Crippen molar-refractivity contribution >= 4 is 15.7 Å². The lowest BCUT2D eigenvalue weighted by molar-refractivity contribution is 0.411. The van der Waals surface area contributed by atoms with Crippen molar-refractivity contribution in [1.82, 2.24) is 9.97 Å². The summed E-state index contributed by atoms with van der Waals surface area (Å²) in [6, 6.07) is 0. The maximum absolute atomic E-state index is 11.5. The Morgan fingerprint density at radius 2 is 2.00 bits per heavy atom. The molecule has 1 aliphatic heterocycles. The van der Waals surface area contributed by atoms with E-state index in [-0.39, 0.29) is 0 Å². The molecular formula is C11H19N5OS. The van der Waals surface area contributed by atoms with Crippen LogP contribution < -0.4 is 10.6 Å². The first-order valence-corrected chi connectivity index (χ1v) is 7.98. The van der Waals surface area contributed by atoms with Gasteiger partial charge in [0.2, 0.25) is 5.95 Å². The molecule has 0 aromatic carbocycles. The number of nitrogens with one attached hydrogen (secondary N) is 1. The Morgan fingerprint density at radius 3 is 2.44 bits per heavy atom. The number of anilines is 1. The van der Waals surface area contributed by atoms with Crippen molar-refractivity contribution < 1.29 is 4.21 Å². The maximum atomic E-state index is 11.5. The minimum atomic E-state index is -2.72. The van der Waals surface area contributed by atoms with Crippen LogP contribution in [0.4, 0.5) is 5.95 Å². The van der Waals surface area contributed by atoms with Crippen LogP contribution in [0.15, 0.2) is 17.3 Å². The van der Waals surface area contributed by atoms with E-state index in [0.29, 0.717) is 16.8 Å². The fourth-order valence-corrected chi connectivity index (χ4v) is 2.55. The smallest absolute Gasteiger partial charge is 0.225 e. The lowest BCUT2D eigenvalue weighted by atomic mass is 9.97. The highest BCUT2D eigenvalue weighted by Crippen LogP contribution is 2.20. The van der Waals surface area contributed by atoms with Crippen molar-refractivity contribution in [3.63, 3.8) is 0 Å². The lowest BCUT2D eigenvalue weighted by Gasteiger charge is -2.31. The third-order valence-corrected chi connectivity index (χ3v) is 4.41. The van der Waals surface area contributed by atoms with E-state index in [4.69, 9.17) is 10.5 Å². The first-order chi connectivity index (χ1) is 8.50. The van der Waals surface area contributed by atoms with E-state index >= 15 is 0 Å². The summed E-state index contributed by atoms with van der Waals surface area (Å²) >= 11 is 0. The van der Waals surface area contributed by atoms with Gasteiger partial charge in [0.25, 0.3) is 0 Å². The third-order valence-electron chi connectivity index (χ3n) is 3.30. The van der Waals surface area contributed by atoms with Gasteiger partial charge in [-0.2, -0.15) is 0 Å². The molecule has 1 aromatic heterocycles. The zero-order valence-corrected chi connectivity index (χ0v) is 11.3. The summed E-state index contributed by atoms with van der Waals surface area (Å²) in [7, 11) is -2.72. The number of nitrogens with two attached hydrogens (primary N) is 1. The average molecular weight is 269 g/mol. The van der Waals surface area contributed by atoms with Gasteiger partial charge in [0.1, 0.15) is 0 Å². The Bertz CT molecular complexity index is 491. The minimum Gasteiger partial charge on any atom is -0.341 e. The normalized spacial score (nSPS) is 20.7. The van der Waals surface area contributed by atoms with Crippen molar-refractivity contribution in [1.29, 1.82) is 4.78 Å². The molecule has 0 unspecified atom stereocenters. The Kier molecular flexibility index (Phi) is 3.82. The molecule has 0 bridgehead atoms. The quantitative estimate of drug-likeness (QED) is 0.841. The summed E-state index contributed by atoms with van der Waals surface area (Å²) in [6.45, 7) is 2.55. The molecule has 2 heterocycles. The molecule has 0 aliphatic carbocycles. The summed E-state index contributed by atoms with van der Waals surface area (Å²) in [4.78, 5) is 10.9. The van der Waals surface area contributed by atoms with Crippen molar-refractivity contribution in [3.8, 4) is 0 Å². The van der Waals surface area contributed by atoms with Gasteiger partial charge in [-0.05, 0) is 25.3 Å². The number of hydrogen-bond acceptors (Lipinski definition) is 6. The molecule has 1 fully saturated rings. The van der Waals surface area contributed by atoms with Crippen molar-refractivity contribution in [3.05, 3.63) is 12.4 Å². The second-order valence-corrected chi connectivity index (χ2v) is 6.89. The molecule has 0 saturated carbocycles. The van der Waals surface area contributed by atoms with Crippen molar-refractivity contribution in [2.45, 2.75) is 17.7 Å². The second-order valence-electron chi connectivity index (χ2n) is 4.73. The number of aromatic nitrogens is 2. The van der Waals surface area contributed by atoms with Gasteiger partial charge in [0, 0.05) is 31.7 Å². The molecular weight excluding hydrogens is 250 g/mol. The van der Waals surface area contributed by atoms with Gasteiger partial charge in [-0.15, -0.1) is 0 Å². The van der Waals surface area contributed by atoms with Crippen LogP contribution in [0.25, 0.3) is 0 Å². The van der Waals surface area contributed by atoms with Crippen LogP contribution in [-0.2, 0) is 9.73 Å². The highest BCUT2D eigenvalue weighted by Gasteiger charge is 2.20. The second kappa shape index (κ2) is 5.19. The Balaban J connectivity index is 2.07. The largest absolute Gasteiger partial charge is 0.341 e. The zero-order valence-electron chi connectivity index (χ0n) is 10.5. The van der Waals surface area contributed by atoms with E-state index in [1.54, 1.807) is 0 Å². The molecule has 18 heavy (non-hydrogen) atoms. The van der Waals surface area contributed by atoms with E-state index in [0.717, 1.165) is 32.5 Å². The van der Waals surface area contributed by atoms with Crippen LogP contribution in [0.1, 0.15) is 12.8 Å². The Labute approximate surface area is 108 Å². The van der Waals surface area contributed by atoms with Crippen LogP contribution in [0.5, 0.6) is 0 Å². The Morgan fingerprint density at radius 1 is 1.44 bits per heavy atom. The molecule has 7 heteroatoms. The van der Waals surface area contributed by atoms with E-state index in [2.05, 4.69) is 14.9 Å². The topological polar surface area (TPSA) is 96.0 Å². The maximum Gasteiger partial charge on any atom is 0.225 e. The summed E-state index contributed by atoms with van der Waals surface area (Å²) in [6.07, 6.45) is 6.48. The molecule has 3 N–H and O–H groups in total. The molecule has 6 nitrogen and oxygen atoms in total. The van der Waals surface area contributed by atoms with Crippen LogP contribution >= 0.6 is 0 Å². The molecule has 1 aliphatic rings. The molecule has 2 rings (SSSR count). The highest BCUT2D eigenvalue weighted by atomic mass is 32.2. The number of nitrogens with zero attached hydrogens (tertiary/aromatic N) is 3. The predicted molar refractivity (Wildman–Crippen MR) is 71.1 cm³/mol. The molecule has 1 saturated heterocycles. The minimum absolute atomic E-state index is 0.378. The van der Waals surface area contributed by atoms with Crippen LogP contribution in [0.3, 0.4) is 0 Å².